The van der Waals surface area contributed by atoms with Gasteiger partial charge in [0.2, 0.25) is 0 Å². The predicted molar refractivity (Wildman–Crippen MR) is 111 cm³/mol. The minimum atomic E-state index is -0.206. The third-order valence-corrected chi connectivity index (χ3v) is 5.99. The summed E-state index contributed by atoms with van der Waals surface area (Å²) in [5, 5.41) is 16.2. The van der Waals surface area contributed by atoms with Crippen LogP contribution in [0.25, 0.3) is 11.3 Å². The van der Waals surface area contributed by atoms with Crippen LogP contribution in [0.15, 0.2) is 42.0 Å². The molecule has 0 unspecified atom stereocenters. The van der Waals surface area contributed by atoms with E-state index in [1.165, 1.54) is 11.1 Å². The topological polar surface area (TPSA) is 75.1 Å². The van der Waals surface area contributed by atoms with E-state index in [0.29, 0.717) is 12.1 Å². The SMILES string of the molecule is O=C(NCCCc1nc(-c2ccncc2)cs1)c1cc2c(cc1O)CCCC2. The first-order valence-corrected chi connectivity index (χ1v) is 10.6. The van der Waals surface area contributed by atoms with Crippen molar-refractivity contribution in [1.29, 1.82) is 0 Å². The molecule has 0 bridgehead atoms. The molecule has 1 amide bonds. The maximum atomic E-state index is 12.5. The number of pyridine rings is 1. The number of phenols is 1. The fourth-order valence-electron chi connectivity index (χ4n) is 3.57. The van der Waals surface area contributed by atoms with Gasteiger partial charge in [-0.3, -0.25) is 9.78 Å². The Morgan fingerprint density at radius 2 is 1.89 bits per heavy atom. The van der Waals surface area contributed by atoms with Gasteiger partial charge in [-0.15, -0.1) is 11.3 Å². The van der Waals surface area contributed by atoms with E-state index in [0.717, 1.165) is 54.8 Å². The molecule has 4 rings (SSSR count). The van der Waals surface area contributed by atoms with Gasteiger partial charge in [0.25, 0.3) is 5.91 Å². The molecule has 28 heavy (non-hydrogen) atoms. The highest BCUT2D eigenvalue weighted by Gasteiger charge is 2.17. The molecule has 0 saturated heterocycles. The monoisotopic (exact) mass is 393 g/mol. The van der Waals surface area contributed by atoms with Crippen LogP contribution in [0.2, 0.25) is 0 Å². The lowest BCUT2D eigenvalue weighted by molar-refractivity contribution is 0.0950. The molecule has 144 valence electrons. The second-order valence-electron chi connectivity index (χ2n) is 7.07. The highest BCUT2D eigenvalue weighted by Crippen LogP contribution is 2.28. The van der Waals surface area contributed by atoms with Crippen molar-refractivity contribution < 1.29 is 9.90 Å². The van der Waals surface area contributed by atoms with Crippen molar-refractivity contribution in [2.45, 2.75) is 38.5 Å². The molecular formula is C22H23N3O2S. The molecule has 2 heterocycles. The van der Waals surface area contributed by atoms with Crippen LogP contribution in [0.5, 0.6) is 5.75 Å². The number of nitrogens with one attached hydrogen (secondary N) is 1. The summed E-state index contributed by atoms with van der Waals surface area (Å²) in [4.78, 5) is 21.1. The molecule has 1 aliphatic carbocycles. The van der Waals surface area contributed by atoms with Crippen LogP contribution in [-0.2, 0) is 19.3 Å². The highest BCUT2D eigenvalue weighted by molar-refractivity contribution is 7.09. The number of amides is 1. The summed E-state index contributed by atoms with van der Waals surface area (Å²) in [5.74, 6) is -0.123. The summed E-state index contributed by atoms with van der Waals surface area (Å²) >= 11 is 1.63. The van der Waals surface area contributed by atoms with Gasteiger partial charge < -0.3 is 10.4 Å². The molecule has 1 aromatic carbocycles. The van der Waals surface area contributed by atoms with E-state index in [2.05, 4.69) is 20.7 Å². The van der Waals surface area contributed by atoms with Gasteiger partial charge in [-0.1, -0.05) is 0 Å². The number of aryl methyl sites for hydroxylation is 3. The average Bonchev–Trinajstić information content (AvgIpc) is 3.20. The van der Waals surface area contributed by atoms with E-state index in [4.69, 9.17) is 0 Å². The van der Waals surface area contributed by atoms with Crippen molar-refractivity contribution in [3.63, 3.8) is 0 Å². The molecule has 1 aliphatic rings. The lowest BCUT2D eigenvalue weighted by atomic mass is 9.90. The van der Waals surface area contributed by atoms with Crippen LogP contribution < -0.4 is 5.32 Å². The zero-order chi connectivity index (χ0) is 19.3. The molecule has 0 atom stereocenters. The van der Waals surface area contributed by atoms with E-state index >= 15 is 0 Å². The maximum absolute atomic E-state index is 12.5. The first kappa shape index (κ1) is 18.6. The minimum absolute atomic E-state index is 0.0834. The molecule has 2 aromatic heterocycles. The Hall–Kier alpha value is -2.73. The fourth-order valence-corrected chi connectivity index (χ4v) is 4.42. The number of nitrogens with zero attached hydrogens (tertiary/aromatic N) is 2. The van der Waals surface area contributed by atoms with Crippen LogP contribution in [0.4, 0.5) is 0 Å². The summed E-state index contributed by atoms with van der Waals surface area (Å²) in [5.41, 5.74) is 4.78. The van der Waals surface area contributed by atoms with Gasteiger partial charge in [-0.2, -0.15) is 0 Å². The van der Waals surface area contributed by atoms with Crippen LogP contribution >= 0.6 is 11.3 Å². The summed E-state index contributed by atoms with van der Waals surface area (Å²) < 4.78 is 0. The number of benzene rings is 1. The quantitative estimate of drug-likeness (QED) is 0.617. The second kappa shape index (κ2) is 8.52. The Labute approximate surface area is 168 Å². The third kappa shape index (κ3) is 4.22. The second-order valence-corrected chi connectivity index (χ2v) is 8.01. The van der Waals surface area contributed by atoms with Crippen LogP contribution in [0.1, 0.15) is 45.8 Å². The number of thiazole rings is 1. The van der Waals surface area contributed by atoms with Crippen molar-refractivity contribution in [3.05, 3.63) is 63.7 Å². The zero-order valence-electron chi connectivity index (χ0n) is 15.6. The molecule has 5 nitrogen and oxygen atoms in total. The van der Waals surface area contributed by atoms with Gasteiger partial charge in [0.05, 0.1) is 16.3 Å². The number of aromatic hydroxyl groups is 1. The van der Waals surface area contributed by atoms with Crippen molar-refractivity contribution in [2.75, 3.05) is 6.54 Å². The summed E-state index contributed by atoms with van der Waals surface area (Å²) in [6.07, 6.45) is 9.42. The number of hydrogen-bond acceptors (Lipinski definition) is 5. The van der Waals surface area contributed by atoms with Crippen LogP contribution in [0, 0.1) is 0 Å². The van der Waals surface area contributed by atoms with Crippen molar-refractivity contribution >= 4 is 17.2 Å². The molecule has 0 fully saturated rings. The molecular weight excluding hydrogens is 370 g/mol. The Morgan fingerprint density at radius 1 is 1.14 bits per heavy atom. The van der Waals surface area contributed by atoms with Gasteiger partial charge >= 0.3 is 0 Å². The summed E-state index contributed by atoms with van der Waals surface area (Å²) in [6.45, 7) is 0.555. The zero-order valence-corrected chi connectivity index (χ0v) is 16.5. The van der Waals surface area contributed by atoms with Crippen LogP contribution in [0.3, 0.4) is 0 Å². The number of carbonyl (C=O) groups excluding carboxylic acids is 1. The number of rotatable bonds is 6. The first-order valence-electron chi connectivity index (χ1n) is 9.68. The molecule has 2 N–H and O–H groups in total. The Morgan fingerprint density at radius 3 is 2.68 bits per heavy atom. The molecule has 0 spiro atoms. The van der Waals surface area contributed by atoms with E-state index in [1.54, 1.807) is 29.8 Å². The highest BCUT2D eigenvalue weighted by atomic mass is 32.1. The third-order valence-electron chi connectivity index (χ3n) is 5.09. The maximum Gasteiger partial charge on any atom is 0.255 e. The van der Waals surface area contributed by atoms with Crippen molar-refractivity contribution in [1.82, 2.24) is 15.3 Å². The lowest BCUT2D eigenvalue weighted by Crippen LogP contribution is -2.25. The van der Waals surface area contributed by atoms with E-state index in [1.807, 2.05) is 18.2 Å². The van der Waals surface area contributed by atoms with E-state index in [-0.39, 0.29) is 11.7 Å². The molecule has 6 heteroatoms. The number of carbonyl (C=O) groups is 1. The standard InChI is InChI=1S/C22H23N3O2S/c26-20-13-17-5-2-1-4-16(17)12-18(20)22(27)24-9-3-6-21-25-19(14-28-21)15-7-10-23-11-8-15/h7-8,10-14,26H,1-6,9H2,(H,24,27). The Balaban J connectivity index is 1.30. The van der Waals surface area contributed by atoms with Gasteiger partial charge in [-0.25, -0.2) is 4.98 Å². The Kier molecular flexibility index (Phi) is 5.67. The number of aromatic nitrogens is 2. The summed E-state index contributed by atoms with van der Waals surface area (Å²) in [6, 6.07) is 7.52. The largest absolute Gasteiger partial charge is 0.507 e. The van der Waals surface area contributed by atoms with Crippen molar-refractivity contribution in [3.8, 4) is 17.0 Å². The molecule has 0 aliphatic heterocycles. The van der Waals surface area contributed by atoms with Gasteiger partial charge in [0.1, 0.15) is 5.75 Å². The lowest BCUT2D eigenvalue weighted by Gasteiger charge is -2.17. The van der Waals surface area contributed by atoms with Crippen LogP contribution in [-0.4, -0.2) is 27.5 Å². The fraction of sp³-hybridized carbons (Fsp3) is 0.318. The van der Waals surface area contributed by atoms with Crippen molar-refractivity contribution in [2.24, 2.45) is 0 Å². The predicted octanol–water partition coefficient (Wildman–Crippen LogP) is 4.15. The number of hydrogen-bond donors (Lipinski definition) is 2. The van der Waals surface area contributed by atoms with Gasteiger partial charge in [0.15, 0.2) is 0 Å². The first-order chi connectivity index (χ1) is 13.7. The minimum Gasteiger partial charge on any atom is -0.507 e. The Bertz CT molecular complexity index is 969. The van der Waals surface area contributed by atoms with Gasteiger partial charge in [0, 0.05) is 36.3 Å². The normalized spacial score (nSPS) is 13.1. The number of fused-ring (bicyclic) bond motifs is 1. The molecule has 0 radical (unpaired) electrons. The van der Waals surface area contributed by atoms with E-state index < -0.39 is 0 Å². The van der Waals surface area contributed by atoms with E-state index in [9.17, 15) is 9.90 Å². The smallest absolute Gasteiger partial charge is 0.255 e. The molecule has 0 saturated carbocycles. The number of phenolic OH excluding ortho intramolecular Hbond substituents is 1. The molecule has 3 aromatic rings. The van der Waals surface area contributed by atoms with Gasteiger partial charge in [-0.05, 0) is 67.5 Å². The average molecular weight is 394 g/mol. The summed E-state index contributed by atoms with van der Waals surface area (Å²) in [7, 11) is 0.